The summed E-state index contributed by atoms with van der Waals surface area (Å²) in [7, 11) is -51.0. The summed E-state index contributed by atoms with van der Waals surface area (Å²) in [6.07, 6.45) is 0. The molecule has 0 unspecified atom stereocenters. The van der Waals surface area contributed by atoms with Crippen LogP contribution in [0.5, 0.6) is 0 Å². The molecule has 36 nitrogen and oxygen atoms in total. The summed E-state index contributed by atoms with van der Waals surface area (Å²) in [6.45, 7) is 0. The molecule has 0 spiro atoms. The average molecular weight is 2130 g/mol. The first-order valence-corrected chi connectivity index (χ1v) is 48.3. The SMILES string of the molecule is O=S(=O)([O-])c1ccccc1.O=S(=O)([O-])c1ccccc1.O=S(=O)([O-])c1ccccc1.O=S(=O)([O-])c1ccccc1.O=S(=O)([O-])c1ccccc1.O=S(=O)([O-])c1ccccc1.O=S(=O)([O-])c1ccccc1.O=S(=O)([O-])c1ccccc1.O=S(=O)([O-])c1ccccc1.O=S(=O)([O-])c1ccccc1.O=S(=O)([O-])c1ccccc1.O=S(=O)([O-])c1ccccc1.[Ca+2].[Ca+2].[Ca+2].[Ca+2].[Ca+2].[Ca+2]. The molecule has 0 radical (unpaired) electrons. The Morgan fingerprint density at radius 2 is 0.135 bits per heavy atom. The summed E-state index contributed by atoms with van der Waals surface area (Å²) in [5, 5.41) is 0. The molecule has 0 aliphatic rings. The van der Waals surface area contributed by atoms with Crippen LogP contribution in [0.25, 0.3) is 0 Å². The molecule has 0 bridgehead atoms. The van der Waals surface area contributed by atoms with Crippen molar-refractivity contribution in [3.05, 3.63) is 364 Å². The molecule has 0 amide bonds. The van der Waals surface area contributed by atoms with Crippen molar-refractivity contribution >= 4 is 348 Å². The molecule has 54 heteroatoms. The van der Waals surface area contributed by atoms with Crippen LogP contribution in [0.1, 0.15) is 0 Å². The molecule has 0 fully saturated rings. The average Bonchev–Trinajstić information content (AvgIpc) is 0.981. The van der Waals surface area contributed by atoms with Gasteiger partial charge < -0.3 is 54.6 Å². The summed E-state index contributed by atoms with van der Waals surface area (Å²) in [5.41, 5.74) is 0. The second-order valence-electron chi connectivity index (χ2n) is 21.2. The van der Waals surface area contributed by atoms with Crippen LogP contribution in [-0.4, -0.2) is 382 Å². The van der Waals surface area contributed by atoms with Gasteiger partial charge in [-0.1, -0.05) is 218 Å². The van der Waals surface area contributed by atoms with Crippen LogP contribution in [0.2, 0.25) is 0 Å². The van der Waals surface area contributed by atoms with Gasteiger partial charge in [0.15, 0.2) is 0 Å². The Balaban J connectivity index is -0.000000310. The van der Waals surface area contributed by atoms with Crippen LogP contribution < -0.4 is 0 Å². The van der Waals surface area contributed by atoms with E-state index < -0.39 is 121 Å². The normalized spacial score (nSPS) is 10.8. The number of rotatable bonds is 12. The van der Waals surface area contributed by atoms with Crippen molar-refractivity contribution in [3.63, 3.8) is 0 Å². The van der Waals surface area contributed by atoms with Gasteiger partial charge in [-0.25, -0.2) is 101 Å². The van der Waals surface area contributed by atoms with E-state index in [1.54, 1.807) is 72.8 Å². The molecule has 648 valence electrons. The van der Waals surface area contributed by atoms with E-state index in [1.807, 2.05) is 0 Å². The molecule has 12 aromatic carbocycles. The Bertz CT molecular complexity index is 5100. The molecule has 0 heterocycles. The van der Waals surface area contributed by atoms with E-state index >= 15 is 0 Å². The monoisotopic (exact) mass is 2120 g/mol. The van der Waals surface area contributed by atoms with Crippen LogP contribution >= 0.6 is 0 Å². The molecular weight excluding hydrogens is 2070 g/mol. The first-order valence-electron chi connectivity index (χ1n) is 31.4. The molecule has 0 aliphatic heterocycles. The van der Waals surface area contributed by atoms with Crippen LogP contribution in [-0.2, 0) is 121 Å². The Morgan fingerprint density at radius 1 is 0.0952 bits per heavy atom. The van der Waals surface area contributed by atoms with Gasteiger partial charge in [0, 0.05) is 0 Å². The van der Waals surface area contributed by atoms with E-state index in [0.717, 1.165) is 0 Å². The molecule has 0 saturated heterocycles. The van der Waals surface area contributed by atoms with Gasteiger partial charge in [0.05, 0.1) is 58.7 Å². The maximum Gasteiger partial charge on any atom is 2.00 e. The Labute approximate surface area is 910 Å². The quantitative estimate of drug-likeness (QED) is 0.117. The predicted molar refractivity (Wildman–Crippen MR) is 447 cm³/mol. The molecule has 0 saturated carbocycles. The van der Waals surface area contributed by atoms with E-state index in [0.29, 0.717) is 0 Å². The Kier molecular flexibility index (Phi) is 69.8. The van der Waals surface area contributed by atoms with Crippen molar-refractivity contribution in [2.45, 2.75) is 58.7 Å². The second kappa shape index (κ2) is 65.7. The summed E-state index contributed by atoms with van der Waals surface area (Å²) in [4.78, 5) is -2.22. The van der Waals surface area contributed by atoms with Crippen molar-refractivity contribution < 1.29 is 156 Å². The first kappa shape index (κ1) is 134. The van der Waals surface area contributed by atoms with Gasteiger partial charge in [-0.15, -0.1) is 0 Å². The zero-order valence-corrected chi connectivity index (χ0v) is 87.5. The van der Waals surface area contributed by atoms with Gasteiger partial charge in [-0.3, -0.25) is 0 Å². The fourth-order valence-corrected chi connectivity index (χ4v) is 12.9. The zero-order chi connectivity index (χ0) is 91.4. The van der Waals surface area contributed by atoms with E-state index in [2.05, 4.69) is 0 Å². The van der Waals surface area contributed by atoms with Crippen molar-refractivity contribution in [2.75, 3.05) is 0 Å². The topological polar surface area (TPSA) is 686 Å². The van der Waals surface area contributed by atoms with Crippen molar-refractivity contribution in [3.8, 4) is 0 Å². The fraction of sp³-hybridized carbons (Fsp3) is 0. The summed E-state index contributed by atoms with van der Waals surface area (Å²) < 4.78 is 370. The van der Waals surface area contributed by atoms with Crippen molar-refractivity contribution in [2.24, 2.45) is 0 Å². The third-order valence-electron chi connectivity index (χ3n) is 12.4. The fourth-order valence-electron chi connectivity index (χ4n) is 7.05. The summed E-state index contributed by atoms with van der Waals surface area (Å²) >= 11 is 0. The van der Waals surface area contributed by atoms with Crippen LogP contribution in [0.15, 0.2) is 423 Å². The Hall–Kier alpha value is -2.88. The largest absolute Gasteiger partial charge is 2.00 e. The van der Waals surface area contributed by atoms with Gasteiger partial charge in [0.2, 0.25) is 0 Å². The third kappa shape index (κ3) is 64.1. The van der Waals surface area contributed by atoms with Gasteiger partial charge in [0.1, 0.15) is 121 Å². The molecule has 0 atom stereocenters. The summed E-state index contributed by atoms with van der Waals surface area (Å²) in [6, 6.07) is 86.3. The van der Waals surface area contributed by atoms with Crippen molar-refractivity contribution in [1.82, 2.24) is 0 Å². The summed E-state index contributed by atoms with van der Waals surface area (Å²) in [5.74, 6) is 0. The molecular formula is C72H60Ca6O36S12. The van der Waals surface area contributed by atoms with Gasteiger partial charge in [-0.2, -0.15) is 0 Å². The van der Waals surface area contributed by atoms with E-state index in [1.165, 1.54) is 291 Å². The molecule has 12 aromatic rings. The van der Waals surface area contributed by atoms with Crippen LogP contribution in [0.3, 0.4) is 0 Å². The Morgan fingerprint density at radius 3 is 0.159 bits per heavy atom. The number of hydrogen-bond donors (Lipinski definition) is 0. The molecule has 0 aromatic heterocycles. The van der Waals surface area contributed by atoms with E-state index in [9.17, 15) is 156 Å². The molecule has 126 heavy (non-hydrogen) atoms. The van der Waals surface area contributed by atoms with Gasteiger partial charge >= 0.3 is 226 Å². The van der Waals surface area contributed by atoms with Crippen LogP contribution in [0, 0.1) is 0 Å². The van der Waals surface area contributed by atoms with Crippen molar-refractivity contribution in [1.29, 1.82) is 0 Å². The number of hydrogen-bond acceptors (Lipinski definition) is 36. The van der Waals surface area contributed by atoms with Gasteiger partial charge in [0.25, 0.3) is 0 Å². The standard InChI is InChI=1S/12C6H6O3S.6Ca/c12*7-10(8,9)6-4-2-1-3-5-6;;;;;;/h12*1-5H,(H,7,8,9);;;;;;/q;;;;;;;;;;;;6*+2/p-12. The molecule has 0 N–H and O–H groups in total. The second-order valence-corrected chi connectivity index (χ2v) is 37.8. The van der Waals surface area contributed by atoms with E-state index in [4.69, 9.17) is 0 Å². The van der Waals surface area contributed by atoms with E-state index in [-0.39, 0.29) is 285 Å². The maximum absolute atomic E-state index is 10.3. The zero-order valence-electron chi connectivity index (χ0n) is 64.5. The third-order valence-corrected chi connectivity index (χ3v) is 22.6. The minimum atomic E-state index is -4.25. The first-order chi connectivity index (χ1) is 55.3. The minimum Gasteiger partial charge on any atom is -0.744 e. The molecule has 12 rings (SSSR count). The predicted octanol–water partition coefficient (Wildman–Crippen LogP) is 4.80. The smallest absolute Gasteiger partial charge is 0.744 e. The maximum atomic E-state index is 10.3. The van der Waals surface area contributed by atoms with Gasteiger partial charge in [-0.05, 0) is 146 Å². The molecule has 0 aliphatic carbocycles. The minimum absolute atomic E-state index is 0. The van der Waals surface area contributed by atoms with Crippen LogP contribution in [0.4, 0.5) is 0 Å². The number of benzene rings is 12.